The van der Waals surface area contributed by atoms with Crippen molar-refractivity contribution in [2.24, 2.45) is 0 Å². The molecule has 8 heteroatoms. The standard InChI is InChI=1S/C47H89NO7/c1-4-7-10-13-16-23-30-41-52-45(50)34-25-18-17-19-28-37-48(39-40-49)38-29-20-24-31-42-53-46(51)35-26-27-36-47(54-43-32-21-14-11-8-5-2)55-44-33-22-15-12-9-6-3/h14-15,21-22,47,49H,4-13,16-20,23-44H2,1-3H3/b21-14-,22-15-. The Kier molecular flexibility index (Phi) is 43.5. The Morgan fingerprint density at radius 3 is 1.38 bits per heavy atom. The van der Waals surface area contributed by atoms with Crippen molar-refractivity contribution in [3.8, 4) is 0 Å². The second-order valence-corrected chi connectivity index (χ2v) is 15.3. The molecule has 324 valence electrons. The molecule has 0 fully saturated rings. The fourth-order valence-electron chi connectivity index (χ4n) is 6.42. The summed E-state index contributed by atoms with van der Waals surface area (Å²) < 4.78 is 23.0. The molecule has 0 aromatic carbocycles. The third kappa shape index (κ3) is 41.7. The summed E-state index contributed by atoms with van der Waals surface area (Å²) in [4.78, 5) is 26.7. The van der Waals surface area contributed by atoms with Crippen LogP contribution in [-0.4, -0.2) is 80.9 Å². The molecule has 0 saturated heterocycles. The van der Waals surface area contributed by atoms with E-state index in [1.54, 1.807) is 0 Å². The zero-order chi connectivity index (χ0) is 40.1. The maximum absolute atomic E-state index is 12.3. The number of esters is 2. The molecule has 0 aromatic heterocycles. The summed E-state index contributed by atoms with van der Waals surface area (Å²) in [5.41, 5.74) is 0. The largest absolute Gasteiger partial charge is 0.466 e. The molecule has 0 aliphatic carbocycles. The lowest BCUT2D eigenvalue weighted by Gasteiger charge is -2.21. The minimum atomic E-state index is -0.227. The number of nitrogens with zero attached hydrogens (tertiary/aromatic N) is 1. The summed E-state index contributed by atoms with van der Waals surface area (Å²) in [5, 5.41) is 9.52. The number of hydrogen-bond donors (Lipinski definition) is 1. The van der Waals surface area contributed by atoms with Gasteiger partial charge in [-0.3, -0.25) is 9.59 Å². The number of carbonyl (C=O) groups excluding carboxylic acids is 2. The summed E-state index contributed by atoms with van der Waals surface area (Å²) in [6.45, 7) is 11.9. The van der Waals surface area contributed by atoms with Gasteiger partial charge in [0.2, 0.25) is 0 Å². The van der Waals surface area contributed by atoms with Crippen molar-refractivity contribution in [2.75, 3.05) is 52.7 Å². The van der Waals surface area contributed by atoms with Gasteiger partial charge in [-0.25, -0.2) is 0 Å². The van der Waals surface area contributed by atoms with Crippen LogP contribution in [0.25, 0.3) is 0 Å². The average molecular weight is 780 g/mol. The zero-order valence-corrected chi connectivity index (χ0v) is 36.4. The number of rotatable bonds is 44. The minimum Gasteiger partial charge on any atom is -0.466 e. The van der Waals surface area contributed by atoms with E-state index < -0.39 is 0 Å². The Morgan fingerprint density at radius 1 is 0.473 bits per heavy atom. The van der Waals surface area contributed by atoms with Gasteiger partial charge in [-0.05, 0) is 90.1 Å². The molecule has 0 radical (unpaired) electrons. The van der Waals surface area contributed by atoms with Crippen molar-refractivity contribution in [2.45, 2.75) is 213 Å². The molecule has 0 spiro atoms. The van der Waals surface area contributed by atoms with Crippen LogP contribution in [0.5, 0.6) is 0 Å². The molecule has 0 bridgehead atoms. The molecule has 0 aliphatic heterocycles. The van der Waals surface area contributed by atoms with Crippen LogP contribution >= 0.6 is 0 Å². The highest BCUT2D eigenvalue weighted by atomic mass is 16.7. The highest BCUT2D eigenvalue weighted by Gasteiger charge is 2.11. The van der Waals surface area contributed by atoms with Crippen LogP contribution in [0, 0.1) is 0 Å². The second-order valence-electron chi connectivity index (χ2n) is 15.3. The maximum Gasteiger partial charge on any atom is 0.305 e. The van der Waals surface area contributed by atoms with E-state index in [9.17, 15) is 14.7 Å². The molecule has 0 rings (SSSR count). The van der Waals surface area contributed by atoms with Gasteiger partial charge in [0.1, 0.15) is 0 Å². The third-order valence-corrected chi connectivity index (χ3v) is 9.94. The van der Waals surface area contributed by atoms with Crippen molar-refractivity contribution in [3.05, 3.63) is 24.3 Å². The lowest BCUT2D eigenvalue weighted by molar-refractivity contribution is -0.147. The molecular weight excluding hydrogens is 691 g/mol. The Bertz CT molecular complexity index is 840. The van der Waals surface area contributed by atoms with E-state index in [1.807, 2.05) is 0 Å². The van der Waals surface area contributed by atoms with E-state index >= 15 is 0 Å². The van der Waals surface area contributed by atoms with Crippen LogP contribution in [0.4, 0.5) is 0 Å². The molecule has 0 aliphatic rings. The number of aliphatic hydroxyl groups excluding tert-OH is 1. The Morgan fingerprint density at radius 2 is 0.891 bits per heavy atom. The first kappa shape index (κ1) is 53.3. The molecule has 1 N–H and O–H groups in total. The predicted molar refractivity (Wildman–Crippen MR) is 230 cm³/mol. The molecule has 0 aromatic rings. The number of unbranched alkanes of at least 4 members (excludes halogenated alkanes) is 18. The van der Waals surface area contributed by atoms with E-state index in [0.717, 1.165) is 129 Å². The van der Waals surface area contributed by atoms with Crippen molar-refractivity contribution in [1.82, 2.24) is 4.90 Å². The second kappa shape index (κ2) is 45.0. The molecular formula is C47H89NO7. The fraction of sp³-hybridized carbons (Fsp3) is 0.872. The SMILES string of the molecule is CCCC/C=C\CCOC(CCCCC(=O)OCCCCCCN(CCO)CCCCCCCC(=O)OCCCCCCCCC)OCC/C=C\CCCC. The van der Waals surface area contributed by atoms with Gasteiger partial charge in [-0.15, -0.1) is 0 Å². The topological polar surface area (TPSA) is 94.5 Å². The van der Waals surface area contributed by atoms with Crippen LogP contribution in [0.3, 0.4) is 0 Å². The summed E-state index contributed by atoms with van der Waals surface area (Å²) in [7, 11) is 0. The van der Waals surface area contributed by atoms with Gasteiger partial charge in [0.05, 0.1) is 33.0 Å². The lowest BCUT2D eigenvalue weighted by atomic mass is 10.1. The lowest BCUT2D eigenvalue weighted by Crippen LogP contribution is -2.29. The van der Waals surface area contributed by atoms with Crippen molar-refractivity contribution < 1.29 is 33.6 Å². The molecule has 55 heavy (non-hydrogen) atoms. The first-order valence-corrected chi connectivity index (χ1v) is 23.2. The van der Waals surface area contributed by atoms with E-state index in [0.29, 0.717) is 45.8 Å². The van der Waals surface area contributed by atoms with Crippen molar-refractivity contribution >= 4 is 11.9 Å². The van der Waals surface area contributed by atoms with Crippen molar-refractivity contribution in [3.63, 3.8) is 0 Å². The Hall–Kier alpha value is -1.74. The normalized spacial score (nSPS) is 11.9. The van der Waals surface area contributed by atoms with E-state index in [2.05, 4.69) is 50.0 Å². The van der Waals surface area contributed by atoms with Gasteiger partial charge >= 0.3 is 11.9 Å². The highest BCUT2D eigenvalue weighted by Crippen LogP contribution is 2.13. The minimum absolute atomic E-state index is 0.0427. The van der Waals surface area contributed by atoms with Gasteiger partial charge in [0.15, 0.2) is 6.29 Å². The van der Waals surface area contributed by atoms with Gasteiger partial charge in [-0.2, -0.15) is 0 Å². The molecule has 0 unspecified atom stereocenters. The number of allylic oxidation sites excluding steroid dienone is 2. The summed E-state index contributed by atoms with van der Waals surface area (Å²) in [5.74, 6) is -0.153. The summed E-state index contributed by atoms with van der Waals surface area (Å²) in [6, 6.07) is 0. The fourth-order valence-corrected chi connectivity index (χ4v) is 6.42. The maximum atomic E-state index is 12.3. The van der Waals surface area contributed by atoms with Crippen LogP contribution in [-0.2, 0) is 28.5 Å². The highest BCUT2D eigenvalue weighted by molar-refractivity contribution is 5.69. The molecule has 8 nitrogen and oxygen atoms in total. The van der Waals surface area contributed by atoms with Gasteiger partial charge in [-0.1, -0.05) is 141 Å². The van der Waals surface area contributed by atoms with Crippen LogP contribution in [0.1, 0.15) is 207 Å². The van der Waals surface area contributed by atoms with Gasteiger partial charge < -0.3 is 29.0 Å². The quantitative estimate of drug-likeness (QED) is 0.0283. The van der Waals surface area contributed by atoms with Crippen LogP contribution in [0.15, 0.2) is 24.3 Å². The van der Waals surface area contributed by atoms with Crippen LogP contribution in [0.2, 0.25) is 0 Å². The van der Waals surface area contributed by atoms with Crippen molar-refractivity contribution in [1.29, 1.82) is 0 Å². The number of ether oxygens (including phenoxy) is 4. The Labute approximate surface area is 339 Å². The number of carbonyl (C=O) groups is 2. The average Bonchev–Trinajstić information content (AvgIpc) is 3.18. The zero-order valence-electron chi connectivity index (χ0n) is 36.4. The first-order chi connectivity index (χ1) is 27.1. The molecule has 0 atom stereocenters. The van der Waals surface area contributed by atoms with E-state index in [-0.39, 0.29) is 24.8 Å². The number of hydrogen-bond acceptors (Lipinski definition) is 8. The van der Waals surface area contributed by atoms with Gasteiger partial charge in [0.25, 0.3) is 0 Å². The Balaban J connectivity index is 3.94. The third-order valence-electron chi connectivity index (χ3n) is 9.94. The van der Waals surface area contributed by atoms with E-state index in [1.165, 1.54) is 57.8 Å². The predicted octanol–water partition coefficient (Wildman–Crippen LogP) is 12.2. The van der Waals surface area contributed by atoms with Gasteiger partial charge in [0, 0.05) is 19.4 Å². The summed E-state index contributed by atoms with van der Waals surface area (Å²) in [6.07, 6.45) is 39.2. The summed E-state index contributed by atoms with van der Waals surface area (Å²) >= 11 is 0. The monoisotopic (exact) mass is 780 g/mol. The first-order valence-electron chi connectivity index (χ1n) is 23.2. The smallest absolute Gasteiger partial charge is 0.305 e. The number of aliphatic hydroxyl groups is 1. The van der Waals surface area contributed by atoms with E-state index in [4.69, 9.17) is 18.9 Å². The molecule has 0 amide bonds. The molecule has 0 saturated carbocycles. The van der Waals surface area contributed by atoms with Crippen LogP contribution < -0.4 is 0 Å². The molecule has 0 heterocycles.